The fraction of sp³-hybridized carbons (Fsp3) is 0.273. The second-order valence-corrected chi connectivity index (χ2v) is 7.10. The molecule has 6 heteroatoms. The number of carboxylic acid groups (broad SMARTS) is 1. The fourth-order valence-corrected chi connectivity index (χ4v) is 3.68. The summed E-state index contributed by atoms with van der Waals surface area (Å²) < 4.78 is 5.40. The smallest absolute Gasteiger partial charge is 0.339 e. The number of aromatic carboxylic acids is 1. The molecule has 0 radical (unpaired) electrons. The van der Waals surface area contributed by atoms with Gasteiger partial charge in [0.1, 0.15) is 5.56 Å². The Labute approximate surface area is 163 Å². The van der Waals surface area contributed by atoms with E-state index in [4.69, 9.17) is 4.74 Å². The molecular formula is C22H23N3O3. The molecule has 0 atom stereocenters. The summed E-state index contributed by atoms with van der Waals surface area (Å²) in [6.45, 7) is 7.23. The molecule has 1 aliphatic heterocycles. The minimum absolute atomic E-state index is 0.162. The van der Waals surface area contributed by atoms with Crippen LogP contribution in [-0.2, 0) is 4.74 Å². The zero-order chi connectivity index (χ0) is 19.7. The van der Waals surface area contributed by atoms with Crippen LogP contribution in [0.1, 0.15) is 21.5 Å². The minimum Gasteiger partial charge on any atom is -0.478 e. The summed E-state index contributed by atoms with van der Waals surface area (Å²) in [6.07, 6.45) is 1.43. The van der Waals surface area contributed by atoms with E-state index in [1.165, 1.54) is 6.20 Å². The third-order valence-electron chi connectivity index (χ3n) is 5.05. The maximum atomic E-state index is 11.8. The van der Waals surface area contributed by atoms with E-state index < -0.39 is 5.97 Å². The molecule has 4 rings (SSSR count). The molecular weight excluding hydrogens is 354 g/mol. The van der Waals surface area contributed by atoms with Gasteiger partial charge in [-0.2, -0.15) is 0 Å². The van der Waals surface area contributed by atoms with E-state index in [1.807, 2.05) is 44.2 Å². The van der Waals surface area contributed by atoms with Crippen molar-refractivity contribution in [2.24, 2.45) is 0 Å². The van der Waals surface area contributed by atoms with Gasteiger partial charge < -0.3 is 20.1 Å². The number of ether oxygens (including phenoxy) is 1. The lowest BCUT2D eigenvalue weighted by molar-refractivity contribution is 0.0697. The molecule has 0 bridgehead atoms. The summed E-state index contributed by atoms with van der Waals surface area (Å²) in [5.74, 6) is -0.999. The Morgan fingerprint density at radius 3 is 2.54 bits per heavy atom. The summed E-state index contributed by atoms with van der Waals surface area (Å²) in [6, 6.07) is 12.1. The van der Waals surface area contributed by atoms with E-state index in [0.29, 0.717) is 5.69 Å². The van der Waals surface area contributed by atoms with Gasteiger partial charge in [0, 0.05) is 36.0 Å². The predicted octanol–water partition coefficient (Wildman–Crippen LogP) is 4.13. The molecule has 0 unspecified atom stereocenters. The first-order valence-electron chi connectivity index (χ1n) is 9.36. The predicted molar refractivity (Wildman–Crippen MR) is 111 cm³/mol. The number of hydrogen-bond donors (Lipinski definition) is 2. The van der Waals surface area contributed by atoms with Gasteiger partial charge in [-0.1, -0.05) is 11.6 Å². The number of pyridine rings is 1. The van der Waals surface area contributed by atoms with Crippen molar-refractivity contribution in [3.8, 4) is 0 Å². The Hall–Kier alpha value is -3.12. The topological polar surface area (TPSA) is 74.7 Å². The normalized spacial score (nSPS) is 14.3. The molecule has 2 heterocycles. The van der Waals surface area contributed by atoms with Crippen LogP contribution < -0.4 is 10.2 Å². The Morgan fingerprint density at radius 2 is 1.86 bits per heavy atom. The van der Waals surface area contributed by atoms with Gasteiger partial charge in [0.05, 0.1) is 24.4 Å². The number of rotatable bonds is 4. The zero-order valence-corrected chi connectivity index (χ0v) is 16.0. The lowest BCUT2D eigenvalue weighted by Crippen LogP contribution is -2.36. The number of benzene rings is 2. The molecule has 2 aromatic carbocycles. The lowest BCUT2D eigenvalue weighted by atomic mass is 10.0. The SMILES string of the molecule is Cc1cc(C)c2ncc(C(=O)O)c(Nc3ccc(N4CCOCC4)cc3)c2c1. The Morgan fingerprint density at radius 1 is 1.14 bits per heavy atom. The van der Waals surface area contributed by atoms with Crippen LogP contribution in [0.3, 0.4) is 0 Å². The highest BCUT2D eigenvalue weighted by Crippen LogP contribution is 2.32. The molecule has 2 N–H and O–H groups in total. The van der Waals surface area contributed by atoms with Crippen LogP contribution in [0, 0.1) is 13.8 Å². The van der Waals surface area contributed by atoms with Crippen molar-refractivity contribution in [3.63, 3.8) is 0 Å². The van der Waals surface area contributed by atoms with Crippen LogP contribution in [0.25, 0.3) is 10.9 Å². The molecule has 0 amide bonds. The van der Waals surface area contributed by atoms with Crippen LogP contribution in [-0.4, -0.2) is 42.4 Å². The molecule has 1 aliphatic rings. The molecule has 6 nitrogen and oxygen atoms in total. The number of morpholine rings is 1. The fourth-order valence-electron chi connectivity index (χ4n) is 3.68. The quantitative estimate of drug-likeness (QED) is 0.712. The van der Waals surface area contributed by atoms with Crippen molar-refractivity contribution in [3.05, 3.63) is 59.3 Å². The van der Waals surface area contributed by atoms with Crippen molar-refractivity contribution < 1.29 is 14.6 Å². The Kier molecular flexibility index (Phi) is 4.88. The number of carboxylic acids is 1. The Bertz CT molecular complexity index is 1030. The van der Waals surface area contributed by atoms with Gasteiger partial charge in [-0.25, -0.2) is 4.79 Å². The van der Waals surface area contributed by atoms with Crippen LogP contribution in [0.5, 0.6) is 0 Å². The summed E-state index contributed by atoms with van der Waals surface area (Å²) in [7, 11) is 0. The highest BCUT2D eigenvalue weighted by molar-refractivity contribution is 6.06. The molecule has 144 valence electrons. The van der Waals surface area contributed by atoms with Gasteiger partial charge in [-0.3, -0.25) is 4.98 Å². The van der Waals surface area contributed by atoms with E-state index in [9.17, 15) is 9.90 Å². The second kappa shape index (κ2) is 7.48. The standard InChI is InChI=1S/C22H23N3O3/c1-14-11-15(2)20-18(12-14)21(19(13-23-20)22(26)27)24-16-3-5-17(6-4-16)25-7-9-28-10-8-25/h3-6,11-13H,7-10H2,1-2H3,(H,23,24)(H,26,27). The van der Waals surface area contributed by atoms with Crippen molar-refractivity contribution >= 4 is 33.9 Å². The summed E-state index contributed by atoms with van der Waals surface area (Å²) in [4.78, 5) is 18.5. The first kappa shape index (κ1) is 18.3. The number of anilines is 3. The third-order valence-corrected chi connectivity index (χ3v) is 5.05. The molecule has 0 saturated carbocycles. The summed E-state index contributed by atoms with van der Waals surface area (Å²) in [5.41, 5.74) is 5.61. The highest BCUT2D eigenvalue weighted by atomic mass is 16.5. The molecule has 0 spiro atoms. The monoisotopic (exact) mass is 377 g/mol. The molecule has 1 aromatic heterocycles. The average Bonchev–Trinajstić information content (AvgIpc) is 2.69. The first-order valence-corrected chi connectivity index (χ1v) is 9.36. The van der Waals surface area contributed by atoms with Crippen LogP contribution >= 0.6 is 0 Å². The molecule has 1 saturated heterocycles. The van der Waals surface area contributed by atoms with Crippen molar-refractivity contribution in [2.75, 3.05) is 36.5 Å². The van der Waals surface area contributed by atoms with Crippen molar-refractivity contribution in [1.29, 1.82) is 0 Å². The largest absolute Gasteiger partial charge is 0.478 e. The average molecular weight is 377 g/mol. The number of fused-ring (bicyclic) bond motifs is 1. The van der Waals surface area contributed by atoms with Gasteiger partial charge in [-0.05, 0) is 49.7 Å². The Balaban J connectivity index is 1.72. The van der Waals surface area contributed by atoms with Gasteiger partial charge in [0.25, 0.3) is 0 Å². The van der Waals surface area contributed by atoms with E-state index in [2.05, 4.69) is 21.3 Å². The third kappa shape index (κ3) is 3.51. The maximum absolute atomic E-state index is 11.8. The van der Waals surface area contributed by atoms with Crippen molar-refractivity contribution in [2.45, 2.75) is 13.8 Å². The van der Waals surface area contributed by atoms with E-state index in [1.54, 1.807) is 0 Å². The van der Waals surface area contributed by atoms with E-state index >= 15 is 0 Å². The van der Waals surface area contributed by atoms with Gasteiger partial charge in [0.15, 0.2) is 0 Å². The zero-order valence-electron chi connectivity index (χ0n) is 16.0. The summed E-state index contributed by atoms with van der Waals surface area (Å²) >= 11 is 0. The lowest BCUT2D eigenvalue weighted by Gasteiger charge is -2.29. The van der Waals surface area contributed by atoms with Crippen LogP contribution in [0.15, 0.2) is 42.6 Å². The minimum atomic E-state index is -0.999. The van der Waals surface area contributed by atoms with E-state index in [-0.39, 0.29) is 5.56 Å². The van der Waals surface area contributed by atoms with Gasteiger partial charge in [-0.15, -0.1) is 0 Å². The first-order chi connectivity index (χ1) is 13.5. The highest BCUT2D eigenvalue weighted by Gasteiger charge is 2.17. The molecule has 1 fully saturated rings. The number of hydrogen-bond acceptors (Lipinski definition) is 5. The molecule has 28 heavy (non-hydrogen) atoms. The van der Waals surface area contributed by atoms with Gasteiger partial charge >= 0.3 is 5.97 Å². The van der Waals surface area contributed by atoms with Crippen LogP contribution in [0.4, 0.5) is 17.1 Å². The summed E-state index contributed by atoms with van der Waals surface area (Å²) in [5, 5.41) is 13.8. The molecule has 0 aliphatic carbocycles. The number of aromatic nitrogens is 1. The maximum Gasteiger partial charge on any atom is 0.339 e. The molecule has 3 aromatic rings. The van der Waals surface area contributed by atoms with Gasteiger partial charge in [0.2, 0.25) is 0 Å². The second-order valence-electron chi connectivity index (χ2n) is 7.10. The van der Waals surface area contributed by atoms with E-state index in [0.717, 1.165) is 59.7 Å². The number of nitrogens with one attached hydrogen (secondary N) is 1. The number of nitrogens with zero attached hydrogens (tertiary/aromatic N) is 2. The van der Waals surface area contributed by atoms with Crippen molar-refractivity contribution in [1.82, 2.24) is 4.98 Å². The van der Waals surface area contributed by atoms with Crippen LogP contribution in [0.2, 0.25) is 0 Å². The number of carbonyl (C=O) groups is 1. The number of aryl methyl sites for hydroxylation is 2.